The summed E-state index contributed by atoms with van der Waals surface area (Å²) in [5.74, 6) is 0.744. The largest absolute Gasteiger partial charge is 0.314 e. The van der Waals surface area contributed by atoms with Crippen molar-refractivity contribution < 1.29 is 0 Å². The van der Waals surface area contributed by atoms with Crippen molar-refractivity contribution in [1.29, 1.82) is 0 Å². The Bertz CT molecular complexity index is 146. The highest BCUT2D eigenvalue weighted by molar-refractivity contribution is 4.74. The molecule has 0 aliphatic rings. The maximum absolute atomic E-state index is 3.71. The van der Waals surface area contributed by atoms with E-state index < -0.39 is 0 Å². The van der Waals surface area contributed by atoms with Crippen molar-refractivity contribution in [3.05, 3.63) is 0 Å². The monoisotopic (exact) mass is 213 g/mol. The molecule has 0 radical (unpaired) electrons. The van der Waals surface area contributed by atoms with Crippen molar-refractivity contribution in [2.75, 3.05) is 6.54 Å². The van der Waals surface area contributed by atoms with E-state index in [1.807, 2.05) is 0 Å². The quantitative estimate of drug-likeness (QED) is 0.667. The zero-order chi connectivity index (χ0) is 11.9. The first-order valence-corrected chi connectivity index (χ1v) is 6.65. The molecule has 0 aromatic heterocycles. The first-order chi connectivity index (χ1) is 6.91. The minimum Gasteiger partial charge on any atom is -0.314 e. The van der Waals surface area contributed by atoms with Gasteiger partial charge in [0, 0.05) is 6.04 Å². The maximum Gasteiger partial charge on any atom is 0.00645 e. The molecule has 15 heavy (non-hydrogen) atoms. The Hall–Kier alpha value is -0.0400. The number of rotatable bonds is 7. The Kier molecular flexibility index (Phi) is 7.25. The van der Waals surface area contributed by atoms with Crippen LogP contribution in [-0.4, -0.2) is 12.6 Å². The Morgan fingerprint density at radius 1 is 1.13 bits per heavy atom. The minimum atomic E-state index is 0.427. The summed E-state index contributed by atoms with van der Waals surface area (Å²) in [5.41, 5.74) is 0.427. The van der Waals surface area contributed by atoms with Gasteiger partial charge in [0.2, 0.25) is 0 Å². The lowest BCUT2D eigenvalue weighted by atomic mass is 9.82. The van der Waals surface area contributed by atoms with E-state index in [9.17, 15) is 0 Å². The zero-order valence-electron chi connectivity index (χ0n) is 11.7. The molecule has 0 rings (SSSR count). The lowest BCUT2D eigenvalue weighted by molar-refractivity contribution is 0.241. The van der Waals surface area contributed by atoms with E-state index in [0.29, 0.717) is 5.41 Å². The summed E-state index contributed by atoms with van der Waals surface area (Å²) in [4.78, 5) is 0. The predicted molar refractivity (Wildman–Crippen MR) is 70.2 cm³/mol. The summed E-state index contributed by atoms with van der Waals surface area (Å²) in [6.07, 6.45) is 5.27. The van der Waals surface area contributed by atoms with E-state index in [1.165, 1.54) is 25.7 Å². The molecule has 0 aliphatic heterocycles. The summed E-state index contributed by atoms with van der Waals surface area (Å²) >= 11 is 0. The van der Waals surface area contributed by atoms with Crippen molar-refractivity contribution in [2.24, 2.45) is 11.3 Å². The third-order valence-electron chi connectivity index (χ3n) is 3.59. The molecule has 2 unspecified atom stereocenters. The zero-order valence-corrected chi connectivity index (χ0v) is 11.7. The molecule has 1 heteroatoms. The van der Waals surface area contributed by atoms with Crippen LogP contribution in [0.5, 0.6) is 0 Å². The highest BCUT2D eigenvalue weighted by Crippen LogP contribution is 2.24. The van der Waals surface area contributed by atoms with Crippen LogP contribution < -0.4 is 5.32 Å². The van der Waals surface area contributed by atoms with Crippen LogP contribution in [0.25, 0.3) is 0 Å². The van der Waals surface area contributed by atoms with Crippen LogP contribution in [0.1, 0.15) is 67.2 Å². The van der Waals surface area contributed by atoms with Crippen LogP contribution >= 0.6 is 0 Å². The molecule has 2 atom stereocenters. The van der Waals surface area contributed by atoms with Crippen LogP contribution in [0, 0.1) is 11.3 Å². The first-order valence-electron chi connectivity index (χ1n) is 6.65. The molecular formula is C14H31N. The number of unbranched alkanes of at least 4 members (excludes halogenated alkanes) is 1. The first kappa shape index (κ1) is 15.0. The third-order valence-corrected chi connectivity index (χ3v) is 3.59. The Balaban J connectivity index is 3.79. The summed E-state index contributed by atoms with van der Waals surface area (Å²) < 4.78 is 0. The molecule has 0 heterocycles. The van der Waals surface area contributed by atoms with Crippen LogP contribution in [-0.2, 0) is 0 Å². The van der Waals surface area contributed by atoms with Gasteiger partial charge < -0.3 is 5.32 Å². The second-order valence-corrected chi connectivity index (χ2v) is 5.92. The molecule has 1 N–H and O–H groups in total. The average Bonchev–Trinajstić information content (AvgIpc) is 2.16. The lowest BCUT2D eigenvalue weighted by Crippen LogP contribution is -2.36. The predicted octanol–water partition coefficient (Wildman–Crippen LogP) is 4.23. The average molecular weight is 213 g/mol. The Labute approximate surface area is 97.0 Å². The maximum atomic E-state index is 3.71. The number of hydrogen-bond acceptors (Lipinski definition) is 1. The van der Waals surface area contributed by atoms with E-state index in [0.717, 1.165) is 18.5 Å². The molecule has 0 aliphatic carbocycles. The number of hydrogen-bond donors (Lipinski definition) is 1. The van der Waals surface area contributed by atoms with Gasteiger partial charge in [-0.1, -0.05) is 54.4 Å². The molecule has 0 aromatic rings. The Morgan fingerprint density at radius 2 is 1.73 bits per heavy atom. The minimum absolute atomic E-state index is 0.427. The fraction of sp³-hybridized carbons (Fsp3) is 1.00. The van der Waals surface area contributed by atoms with Crippen molar-refractivity contribution in [3.8, 4) is 0 Å². The van der Waals surface area contributed by atoms with Crippen molar-refractivity contribution in [2.45, 2.75) is 73.3 Å². The Morgan fingerprint density at radius 3 is 2.13 bits per heavy atom. The standard InChI is InChI=1S/C14H31N/c1-7-9-10-13(8-2)15-11-12(3)14(4,5)6/h12-13,15H,7-11H2,1-6H3. The van der Waals surface area contributed by atoms with Gasteiger partial charge in [-0.2, -0.15) is 0 Å². The van der Waals surface area contributed by atoms with Crippen LogP contribution in [0.4, 0.5) is 0 Å². The molecule has 0 amide bonds. The summed E-state index contributed by atoms with van der Waals surface area (Å²) in [6.45, 7) is 15.0. The second-order valence-electron chi connectivity index (χ2n) is 5.92. The van der Waals surface area contributed by atoms with Gasteiger partial charge in [0.15, 0.2) is 0 Å². The molecule has 0 bridgehead atoms. The van der Waals surface area contributed by atoms with Crippen molar-refractivity contribution >= 4 is 0 Å². The van der Waals surface area contributed by atoms with Gasteiger partial charge in [-0.25, -0.2) is 0 Å². The van der Waals surface area contributed by atoms with E-state index in [2.05, 4.69) is 46.9 Å². The fourth-order valence-electron chi connectivity index (χ4n) is 1.55. The fourth-order valence-corrected chi connectivity index (χ4v) is 1.55. The van der Waals surface area contributed by atoms with Gasteiger partial charge in [0.05, 0.1) is 0 Å². The molecule has 0 aromatic carbocycles. The molecule has 0 saturated heterocycles. The van der Waals surface area contributed by atoms with Gasteiger partial charge in [-0.15, -0.1) is 0 Å². The SMILES string of the molecule is CCCCC(CC)NCC(C)C(C)(C)C. The molecule has 0 fully saturated rings. The van der Waals surface area contributed by atoms with Gasteiger partial charge in [0.1, 0.15) is 0 Å². The molecule has 0 saturated carbocycles. The summed E-state index contributed by atoms with van der Waals surface area (Å²) in [7, 11) is 0. The molecule has 0 spiro atoms. The summed E-state index contributed by atoms with van der Waals surface area (Å²) in [5, 5.41) is 3.71. The van der Waals surface area contributed by atoms with E-state index in [1.54, 1.807) is 0 Å². The highest BCUT2D eigenvalue weighted by Gasteiger charge is 2.20. The highest BCUT2D eigenvalue weighted by atomic mass is 14.9. The van der Waals surface area contributed by atoms with E-state index in [-0.39, 0.29) is 0 Å². The normalized spacial score (nSPS) is 16.4. The molecular weight excluding hydrogens is 182 g/mol. The van der Waals surface area contributed by atoms with Crippen LogP contribution in [0.2, 0.25) is 0 Å². The van der Waals surface area contributed by atoms with Crippen LogP contribution in [0.15, 0.2) is 0 Å². The van der Waals surface area contributed by atoms with Gasteiger partial charge in [-0.05, 0) is 30.7 Å². The summed E-state index contributed by atoms with van der Waals surface area (Å²) in [6, 6.07) is 0.731. The van der Waals surface area contributed by atoms with E-state index in [4.69, 9.17) is 0 Å². The van der Waals surface area contributed by atoms with Crippen LogP contribution in [0.3, 0.4) is 0 Å². The lowest BCUT2D eigenvalue weighted by Gasteiger charge is -2.29. The van der Waals surface area contributed by atoms with Crippen molar-refractivity contribution in [1.82, 2.24) is 5.32 Å². The van der Waals surface area contributed by atoms with E-state index >= 15 is 0 Å². The molecule has 1 nitrogen and oxygen atoms in total. The van der Waals surface area contributed by atoms with Gasteiger partial charge in [-0.3, -0.25) is 0 Å². The van der Waals surface area contributed by atoms with Crippen molar-refractivity contribution in [3.63, 3.8) is 0 Å². The molecule has 92 valence electrons. The smallest absolute Gasteiger partial charge is 0.00645 e. The second kappa shape index (κ2) is 7.27. The number of nitrogens with one attached hydrogen (secondary N) is 1. The third kappa shape index (κ3) is 6.94. The topological polar surface area (TPSA) is 12.0 Å². The van der Waals surface area contributed by atoms with Gasteiger partial charge in [0.25, 0.3) is 0 Å². The van der Waals surface area contributed by atoms with Gasteiger partial charge >= 0.3 is 0 Å².